The maximum absolute atomic E-state index is 13.0. The summed E-state index contributed by atoms with van der Waals surface area (Å²) in [6.45, 7) is 0.870. The second-order valence-corrected chi connectivity index (χ2v) is 7.24. The molecule has 0 radical (unpaired) electrons. The highest BCUT2D eigenvalue weighted by Gasteiger charge is 2.47. The number of aliphatic hydroxyl groups is 1. The summed E-state index contributed by atoms with van der Waals surface area (Å²) in [4.78, 5) is 29.4. The largest absolute Gasteiger partial charge is 0.507 e. The molecule has 1 N–H and O–H groups in total. The average molecular weight is 410 g/mol. The van der Waals surface area contributed by atoms with Crippen molar-refractivity contribution in [2.75, 3.05) is 41.4 Å². The van der Waals surface area contributed by atoms with Gasteiger partial charge >= 0.3 is 0 Å². The second-order valence-electron chi connectivity index (χ2n) is 7.24. The van der Waals surface area contributed by atoms with Crippen molar-refractivity contribution in [1.29, 1.82) is 0 Å². The fourth-order valence-electron chi connectivity index (χ4n) is 3.62. The van der Waals surface area contributed by atoms with E-state index >= 15 is 0 Å². The number of methoxy groups -OCH3 is 2. The SMILES string of the molecule is COc1cccc(C2C(=C(O)c3ccccc3)C(=O)C(=O)N2CCN(C)C)c1OC. The number of ether oxygens (including phenoxy) is 2. The van der Waals surface area contributed by atoms with E-state index in [0.717, 1.165) is 0 Å². The number of benzene rings is 2. The normalized spacial score (nSPS) is 18.2. The Morgan fingerprint density at radius 2 is 1.73 bits per heavy atom. The van der Waals surface area contributed by atoms with Crippen molar-refractivity contribution < 1.29 is 24.2 Å². The number of hydrogen-bond donors (Lipinski definition) is 1. The molecule has 2 aromatic rings. The number of hydrogen-bond acceptors (Lipinski definition) is 6. The van der Waals surface area contributed by atoms with Crippen LogP contribution in [0.4, 0.5) is 0 Å². The van der Waals surface area contributed by atoms with Gasteiger partial charge in [-0.15, -0.1) is 0 Å². The van der Waals surface area contributed by atoms with E-state index in [4.69, 9.17) is 9.47 Å². The van der Waals surface area contributed by atoms with Crippen LogP contribution in [-0.2, 0) is 9.59 Å². The first kappa shape index (κ1) is 21.4. The predicted molar refractivity (Wildman–Crippen MR) is 114 cm³/mol. The number of carbonyl (C=O) groups is 2. The molecular formula is C23H26N2O5. The van der Waals surface area contributed by atoms with Crippen LogP contribution in [-0.4, -0.2) is 68.0 Å². The molecular weight excluding hydrogens is 384 g/mol. The van der Waals surface area contributed by atoms with Gasteiger partial charge < -0.3 is 24.4 Å². The van der Waals surface area contributed by atoms with E-state index in [9.17, 15) is 14.7 Å². The molecule has 1 atom stereocenters. The number of likely N-dealkylation sites (N-methyl/N-ethyl adjacent to an activating group) is 1. The second kappa shape index (κ2) is 9.00. The van der Waals surface area contributed by atoms with Crippen molar-refractivity contribution in [1.82, 2.24) is 9.80 Å². The number of Topliss-reactive ketones (excluding diaryl/α,β-unsaturated/α-hetero) is 1. The number of ketones is 1. The fourth-order valence-corrected chi connectivity index (χ4v) is 3.62. The van der Waals surface area contributed by atoms with Crippen molar-refractivity contribution >= 4 is 17.4 Å². The first-order valence-electron chi connectivity index (χ1n) is 9.60. The summed E-state index contributed by atoms with van der Waals surface area (Å²) < 4.78 is 11.0. The Morgan fingerprint density at radius 3 is 2.33 bits per heavy atom. The first-order valence-corrected chi connectivity index (χ1v) is 9.60. The zero-order chi connectivity index (χ0) is 21.8. The van der Waals surface area contributed by atoms with Crippen LogP contribution >= 0.6 is 0 Å². The van der Waals surface area contributed by atoms with Crippen LogP contribution < -0.4 is 9.47 Å². The lowest BCUT2D eigenvalue weighted by Gasteiger charge is -2.28. The smallest absolute Gasteiger partial charge is 0.295 e. The minimum atomic E-state index is -0.796. The van der Waals surface area contributed by atoms with Crippen LogP contribution in [0.3, 0.4) is 0 Å². The molecule has 0 aromatic heterocycles. The van der Waals surface area contributed by atoms with E-state index in [0.29, 0.717) is 35.7 Å². The summed E-state index contributed by atoms with van der Waals surface area (Å²) in [7, 11) is 6.81. The van der Waals surface area contributed by atoms with E-state index < -0.39 is 17.7 Å². The van der Waals surface area contributed by atoms with Crippen molar-refractivity contribution in [2.45, 2.75) is 6.04 Å². The Kier molecular flexibility index (Phi) is 6.42. The molecule has 1 unspecified atom stereocenters. The molecule has 1 heterocycles. The predicted octanol–water partition coefficient (Wildman–Crippen LogP) is 2.69. The van der Waals surface area contributed by atoms with E-state index in [1.807, 2.05) is 25.1 Å². The fraction of sp³-hybridized carbons (Fsp3) is 0.304. The van der Waals surface area contributed by atoms with Gasteiger partial charge in [0.1, 0.15) is 5.76 Å². The number of carbonyl (C=O) groups excluding carboxylic acids is 2. The molecule has 158 valence electrons. The van der Waals surface area contributed by atoms with Gasteiger partial charge in [-0.05, 0) is 20.2 Å². The highest BCUT2D eigenvalue weighted by molar-refractivity contribution is 6.46. The lowest BCUT2D eigenvalue weighted by Crippen LogP contribution is -2.35. The van der Waals surface area contributed by atoms with Gasteiger partial charge in [0, 0.05) is 24.2 Å². The topological polar surface area (TPSA) is 79.3 Å². The maximum Gasteiger partial charge on any atom is 0.295 e. The zero-order valence-corrected chi connectivity index (χ0v) is 17.6. The number of amides is 1. The molecule has 3 rings (SSSR count). The van der Waals surface area contributed by atoms with Crippen molar-refractivity contribution in [2.24, 2.45) is 0 Å². The number of aliphatic hydroxyl groups excluding tert-OH is 1. The van der Waals surface area contributed by atoms with Gasteiger partial charge in [0.25, 0.3) is 11.7 Å². The zero-order valence-electron chi connectivity index (χ0n) is 17.6. The molecule has 7 heteroatoms. The molecule has 0 saturated carbocycles. The quantitative estimate of drug-likeness (QED) is 0.430. The lowest BCUT2D eigenvalue weighted by molar-refractivity contribution is -0.140. The molecule has 0 bridgehead atoms. The average Bonchev–Trinajstić information content (AvgIpc) is 3.01. The first-order chi connectivity index (χ1) is 14.4. The monoisotopic (exact) mass is 410 g/mol. The van der Waals surface area contributed by atoms with Crippen molar-refractivity contribution in [3.05, 3.63) is 65.2 Å². The summed E-state index contributed by atoms with van der Waals surface area (Å²) in [5.41, 5.74) is 1.08. The number of likely N-dealkylation sites (tertiary alicyclic amines) is 1. The standard InChI is InChI=1S/C23H26N2O5/c1-24(2)13-14-25-19(16-11-8-12-17(29-3)22(16)30-4)18(21(27)23(25)28)20(26)15-9-6-5-7-10-15/h5-12,19,26H,13-14H2,1-4H3. The van der Waals surface area contributed by atoms with Crippen LogP contribution in [0.1, 0.15) is 17.2 Å². The van der Waals surface area contributed by atoms with Crippen LogP contribution in [0.2, 0.25) is 0 Å². The summed E-state index contributed by atoms with van der Waals surface area (Å²) in [6, 6.07) is 13.2. The summed E-state index contributed by atoms with van der Waals surface area (Å²) in [5.74, 6) is -0.681. The molecule has 0 aliphatic carbocycles. The Bertz CT molecular complexity index is 969. The Balaban J connectivity index is 2.23. The number of rotatable bonds is 7. The van der Waals surface area contributed by atoms with Gasteiger partial charge in [0.05, 0.1) is 25.8 Å². The third kappa shape index (κ3) is 3.89. The molecule has 2 aromatic carbocycles. The van der Waals surface area contributed by atoms with E-state index in [1.165, 1.54) is 19.1 Å². The lowest BCUT2D eigenvalue weighted by atomic mass is 9.94. The van der Waals surface area contributed by atoms with E-state index in [-0.39, 0.29) is 11.3 Å². The minimum Gasteiger partial charge on any atom is -0.507 e. The molecule has 1 aliphatic rings. The molecule has 0 spiro atoms. The number of para-hydroxylation sites is 1. The molecule has 1 saturated heterocycles. The summed E-state index contributed by atoms with van der Waals surface area (Å²) in [5, 5.41) is 11.0. The van der Waals surface area contributed by atoms with Crippen LogP contribution in [0, 0.1) is 0 Å². The molecule has 30 heavy (non-hydrogen) atoms. The third-order valence-electron chi connectivity index (χ3n) is 5.10. The van der Waals surface area contributed by atoms with Crippen LogP contribution in [0.25, 0.3) is 5.76 Å². The van der Waals surface area contributed by atoms with Gasteiger partial charge in [-0.2, -0.15) is 0 Å². The minimum absolute atomic E-state index is 0.0384. The van der Waals surface area contributed by atoms with Crippen molar-refractivity contribution in [3.63, 3.8) is 0 Å². The maximum atomic E-state index is 13.0. The van der Waals surface area contributed by atoms with E-state index in [2.05, 4.69) is 0 Å². The van der Waals surface area contributed by atoms with Gasteiger partial charge in [-0.1, -0.05) is 42.5 Å². The molecule has 1 aliphatic heterocycles. The van der Waals surface area contributed by atoms with Gasteiger partial charge in [-0.25, -0.2) is 0 Å². The Labute approximate surface area is 176 Å². The summed E-state index contributed by atoms with van der Waals surface area (Å²) >= 11 is 0. The highest BCUT2D eigenvalue weighted by Crippen LogP contribution is 2.45. The van der Waals surface area contributed by atoms with Gasteiger partial charge in [0.15, 0.2) is 11.5 Å². The molecule has 1 fully saturated rings. The molecule has 1 amide bonds. The van der Waals surface area contributed by atoms with Gasteiger partial charge in [0.2, 0.25) is 0 Å². The highest BCUT2D eigenvalue weighted by atomic mass is 16.5. The van der Waals surface area contributed by atoms with E-state index in [1.54, 1.807) is 42.5 Å². The van der Waals surface area contributed by atoms with Crippen LogP contribution in [0.5, 0.6) is 11.5 Å². The summed E-state index contributed by atoms with van der Waals surface area (Å²) in [6.07, 6.45) is 0. The molecule has 7 nitrogen and oxygen atoms in total. The van der Waals surface area contributed by atoms with Crippen molar-refractivity contribution in [3.8, 4) is 11.5 Å². The Morgan fingerprint density at radius 1 is 1.03 bits per heavy atom. The van der Waals surface area contributed by atoms with Gasteiger partial charge in [-0.3, -0.25) is 9.59 Å². The Hall–Kier alpha value is -3.32. The third-order valence-corrected chi connectivity index (χ3v) is 5.10. The van der Waals surface area contributed by atoms with Crippen LogP contribution in [0.15, 0.2) is 54.1 Å². The number of nitrogens with zero attached hydrogens (tertiary/aromatic N) is 2.